The van der Waals surface area contributed by atoms with E-state index in [1.807, 2.05) is 27.7 Å². The van der Waals surface area contributed by atoms with E-state index in [0.717, 1.165) is 0 Å². The van der Waals surface area contributed by atoms with Gasteiger partial charge in [-0.05, 0) is 19.8 Å². The van der Waals surface area contributed by atoms with Gasteiger partial charge in [-0.25, -0.2) is 13.2 Å². The molecule has 0 nitrogen and oxygen atoms in total. The topological polar surface area (TPSA) is 0 Å². The molecule has 0 radical (unpaired) electrons. The summed E-state index contributed by atoms with van der Waals surface area (Å²) in [7, 11) is 0. The van der Waals surface area contributed by atoms with Gasteiger partial charge in [-0.3, -0.25) is 0 Å². The van der Waals surface area contributed by atoms with Gasteiger partial charge in [0.25, 0.3) is 5.92 Å². The Balaban J connectivity index is -0.000000439. The molecule has 0 aliphatic carbocycles. The molecule has 0 aromatic carbocycles. The summed E-state index contributed by atoms with van der Waals surface area (Å²) in [5.41, 5.74) is -1.38. The Morgan fingerprint density at radius 3 is 1.12 bits per heavy atom. The number of rotatable bonds is 4. The van der Waals surface area contributed by atoms with Crippen molar-refractivity contribution < 1.29 is 13.2 Å². The summed E-state index contributed by atoms with van der Waals surface area (Å²) in [6.45, 7) is 13.3. The zero-order valence-electron chi connectivity index (χ0n) is 12.4. The zero-order chi connectivity index (χ0) is 14.9. The summed E-state index contributed by atoms with van der Waals surface area (Å²) in [6, 6.07) is 0. The Morgan fingerprint density at radius 1 is 0.824 bits per heavy atom. The monoisotopic (exact) mass is 276 g/mol. The Labute approximate surface area is 110 Å². The van der Waals surface area contributed by atoms with Gasteiger partial charge in [0.1, 0.15) is 0 Å². The van der Waals surface area contributed by atoms with Gasteiger partial charge < -0.3 is 0 Å². The summed E-state index contributed by atoms with van der Waals surface area (Å²) in [6.07, 6.45) is 0.394. The van der Waals surface area contributed by atoms with E-state index in [2.05, 4.69) is 0 Å². The van der Waals surface area contributed by atoms with E-state index in [1.165, 1.54) is 6.92 Å². The highest BCUT2D eigenvalue weighted by Gasteiger charge is 2.60. The summed E-state index contributed by atoms with van der Waals surface area (Å²) in [5.74, 6) is -3.51. The predicted molar refractivity (Wildman–Crippen MR) is 71.7 cm³/mol. The highest BCUT2D eigenvalue weighted by atomic mass is 35.5. The molecule has 0 saturated heterocycles. The van der Waals surface area contributed by atoms with Crippen LogP contribution in [0.3, 0.4) is 0 Å². The third-order valence-electron chi connectivity index (χ3n) is 2.87. The van der Waals surface area contributed by atoms with Gasteiger partial charge in [0, 0.05) is 5.41 Å². The normalized spacial score (nSPS) is 14.8. The molecular formula is C13H28ClF3. The molecule has 0 aliphatic rings. The van der Waals surface area contributed by atoms with E-state index in [9.17, 15) is 13.2 Å². The largest absolute Gasteiger partial charge is 0.300 e. The first-order valence-electron chi connectivity index (χ1n) is 6.38. The van der Waals surface area contributed by atoms with Gasteiger partial charge in [-0.15, -0.1) is 0 Å². The van der Waals surface area contributed by atoms with Crippen molar-refractivity contribution in [3.8, 4) is 0 Å². The fourth-order valence-electron chi connectivity index (χ4n) is 1.22. The summed E-state index contributed by atoms with van der Waals surface area (Å²) in [4.78, 5) is 0. The van der Waals surface area contributed by atoms with Crippen LogP contribution in [0.4, 0.5) is 13.2 Å². The lowest BCUT2D eigenvalue weighted by Gasteiger charge is -2.40. The summed E-state index contributed by atoms with van der Waals surface area (Å²) in [5, 5.41) is -2.98. The molecule has 0 aromatic heterocycles. The van der Waals surface area contributed by atoms with E-state index in [1.54, 1.807) is 13.8 Å². The molecule has 0 rings (SSSR count). The third kappa shape index (κ3) is 5.50. The van der Waals surface area contributed by atoms with Crippen LogP contribution < -0.4 is 0 Å². The van der Waals surface area contributed by atoms with Gasteiger partial charge in [0.15, 0.2) is 0 Å². The second-order valence-electron chi connectivity index (χ2n) is 3.73. The van der Waals surface area contributed by atoms with Crippen molar-refractivity contribution in [1.82, 2.24) is 0 Å². The van der Waals surface area contributed by atoms with Crippen LogP contribution in [-0.2, 0) is 0 Å². The van der Waals surface area contributed by atoms with Crippen LogP contribution in [-0.4, -0.2) is 11.1 Å². The minimum Gasteiger partial charge on any atom is -0.220 e. The molecule has 0 fully saturated rings. The van der Waals surface area contributed by atoms with Crippen LogP contribution in [0.2, 0.25) is 0 Å². The number of hydrogen-bond donors (Lipinski definition) is 0. The highest BCUT2D eigenvalue weighted by Crippen LogP contribution is 2.51. The first kappa shape index (κ1) is 22.3. The van der Waals surface area contributed by atoms with Gasteiger partial charge >= 0.3 is 0 Å². The van der Waals surface area contributed by atoms with E-state index in [0.29, 0.717) is 6.92 Å². The van der Waals surface area contributed by atoms with E-state index >= 15 is 0 Å². The molecule has 17 heavy (non-hydrogen) atoms. The Morgan fingerprint density at radius 2 is 1.06 bits per heavy atom. The molecule has 0 saturated carbocycles. The predicted octanol–water partition coefficient (Wildman–Crippen LogP) is 6.42. The number of hydrogen-bond acceptors (Lipinski definition) is 0. The SMILES string of the molecule is CC.CC.CCC(C)(CC)C(F)(F)C(C)(F)Cl. The lowest BCUT2D eigenvalue weighted by molar-refractivity contribution is -0.178. The fraction of sp³-hybridized carbons (Fsp3) is 1.00. The average molecular weight is 277 g/mol. The molecule has 0 spiro atoms. The fourth-order valence-corrected chi connectivity index (χ4v) is 1.45. The average Bonchev–Trinajstić information content (AvgIpc) is 2.31. The summed E-state index contributed by atoms with van der Waals surface area (Å²) >= 11 is 5.05. The molecule has 0 heterocycles. The minimum atomic E-state index is -3.51. The van der Waals surface area contributed by atoms with Crippen molar-refractivity contribution >= 4 is 11.6 Å². The standard InChI is InChI=1S/C9H16ClF3.2C2H6/c1-5-7(3,6-2)9(12,13)8(4,10)11;2*1-2/h5-6H2,1-4H3;2*1-2H3. The Kier molecular flexibility index (Phi) is 11.9. The molecule has 4 heteroatoms. The van der Waals surface area contributed by atoms with Crippen molar-refractivity contribution in [3.05, 3.63) is 0 Å². The van der Waals surface area contributed by atoms with Crippen LogP contribution in [0, 0.1) is 5.41 Å². The second-order valence-corrected chi connectivity index (χ2v) is 4.44. The Bertz CT molecular complexity index is 170. The van der Waals surface area contributed by atoms with Crippen molar-refractivity contribution in [2.24, 2.45) is 5.41 Å². The van der Waals surface area contributed by atoms with Crippen LogP contribution in [0.5, 0.6) is 0 Å². The maximum atomic E-state index is 13.5. The third-order valence-corrected chi connectivity index (χ3v) is 3.11. The lowest BCUT2D eigenvalue weighted by Crippen LogP contribution is -2.50. The van der Waals surface area contributed by atoms with Gasteiger partial charge in [0.2, 0.25) is 5.13 Å². The minimum absolute atomic E-state index is 0.197. The quantitative estimate of drug-likeness (QED) is 0.519. The van der Waals surface area contributed by atoms with Gasteiger partial charge in [-0.2, -0.15) is 0 Å². The maximum absolute atomic E-state index is 13.5. The van der Waals surface area contributed by atoms with Crippen LogP contribution >= 0.6 is 11.6 Å². The molecule has 0 bridgehead atoms. The zero-order valence-corrected chi connectivity index (χ0v) is 13.2. The van der Waals surface area contributed by atoms with E-state index < -0.39 is 16.5 Å². The first-order chi connectivity index (χ1) is 7.62. The number of halogens is 4. The van der Waals surface area contributed by atoms with Crippen LogP contribution in [0.1, 0.15) is 68.2 Å². The van der Waals surface area contributed by atoms with Crippen LogP contribution in [0.25, 0.3) is 0 Å². The van der Waals surface area contributed by atoms with Gasteiger partial charge in [-0.1, -0.05) is 60.1 Å². The molecule has 1 unspecified atom stereocenters. The summed E-state index contributed by atoms with van der Waals surface area (Å²) < 4.78 is 40.0. The first-order valence-corrected chi connectivity index (χ1v) is 6.76. The van der Waals surface area contributed by atoms with Crippen LogP contribution in [0.15, 0.2) is 0 Å². The highest BCUT2D eigenvalue weighted by molar-refractivity contribution is 6.23. The molecular weight excluding hydrogens is 249 g/mol. The van der Waals surface area contributed by atoms with E-state index in [4.69, 9.17) is 11.6 Å². The molecule has 0 N–H and O–H groups in total. The van der Waals surface area contributed by atoms with Crippen molar-refractivity contribution in [2.45, 2.75) is 79.3 Å². The molecule has 0 amide bonds. The van der Waals surface area contributed by atoms with Crippen molar-refractivity contribution in [1.29, 1.82) is 0 Å². The molecule has 0 aliphatic heterocycles. The molecule has 1 atom stereocenters. The molecule has 0 aromatic rings. The molecule has 108 valence electrons. The number of alkyl halides is 4. The van der Waals surface area contributed by atoms with Crippen molar-refractivity contribution in [3.63, 3.8) is 0 Å². The Hall–Kier alpha value is 0.0800. The lowest BCUT2D eigenvalue weighted by atomic mass is 9.76. The smallest absolute Gasteiger partial charge is 0.220 e. The van der Waals surface area contributed by atoms with Crippen molar-refractivity contribution in [2.75, 3.05) is 0 Å². The second kappa shape index (κ2) is 9.07. The maximum Gasteiger partial charge on any atom is 0.300 e. The van der Waals surface area contributed by atoms with Gasteiger partial charge in [0.05, 0.1) is 0 Å². The van der Waals surface area contributed by atoms with E-state index in [-0.39, 0.29) is 12.8 Å².